The van der Waals surface area contributed by atoms with Crippen molar-refractivity contribution < 1.29 is 14.3 Å². The highest BCUT2D eigenvalue weighted by molar-refractivity contribution is 8.00. The number of hydrogen-bond donors (Lipinski definition) is 0. The van der Waals surface area contributed by atoms with Crippen molar-refractivity contribution in [3.8, 4) is 5.75 Å². The van der Waals surface area contributed by atoms with Crippen LogP contribution < -0.4 is 4.74 Å². The van der Waals surface area contributed by atoms with Gasteiger partial charge in [0.1, 0.15) is 11.8 Å². The van der Waals surface area contributed by atoms with Gasteiger partial charge in [-0.05, 0) is 44.0 Å². The monoisotopic (exact) mass is 336 g/mol. The predicted octanol–water partition coefficient (Wildman–Crippen LogP) is 2.26. The van der Waals surface area contributed by atoms with Crippen molar-refractivity contribution in [2.75, 3.05) is 33.0 Å². The molecule has 2 rings (SSSR count). The molecule has 1 saturated heterocycles. The Morgan fingerprint density at radius 2 is 2.00 bits per heavy atom. The van der Waals surface area contributed by atoms with Crippen LogP contribution in [0.15, 0.2) is 29.2 Å². The summed E-state index contributed by atoms with van der Waals surface area (Å²) in [6.45, 7) is 3.26. The van der Waals surface area contributed by atoms with E-state index >= 15 is 0 Å². The van der Waals surface area contributed by atoms with Crippen LogP contribution in [0.2, 0.25) is 0 Å². The van der Waals surface area contributed by atoms with Gasteiger partial charge < -0.3 is 14.5 Å². The van der Waals surface area contributed by atoms with E-state index in [1.54, 1.807) is 23.9 Å². The van der Waals surface area contributed by atoms with Crippen LogP contribution in [0.3, 0.4) is 0 Å². The first-order valence-electron chi connectivity index (χ1n) is 7.89. The zero-order valence-electron chi connectivity index (χ0n) is 13.9. The molecule has 23 heavy (non-hydrogen) atoms. The lowest BCUT2D eigenvalue weighted by molar-refractivity contribution is -0.140. The molecule has 1 aliphatic rings. The molecule has 0 saturated carbocycles. The maximum atomic E-state index is 12.4. The van der Waals surface area contributed by atoms with Crippen molar-refractivity contribution in [3.05, 3.63) is 24.3 Å². The Labute approximate surface area is 142 Å². The van der Waals surface area contributed by atoms with Gasteiger partial charge in [0.05, 0.1) is 12.4 Å². The standard InChI is InChI=1S/C17H24N2O3S/c1-4-22-13-7-9-14(10-8-13)23-12-16(20)19-11-5-6-15(19)17(21)18(2)3/h7-10,15H,4-6,11-12H2,1-3H3. The van der Waals surface area contributed by atoms with Crippen molar-refractivity contribution >= 4 is 23.6 Å². The topological polar surface area (TPSA) is 49.9 Å². The van der Waals surface area contributed by atoms with Gasteiger partial charge >= 0.3 is 0 Å². The molecule has 1 fully saturated rings. The van der Waals surface area contributed by atoms with Gasteiger partial charge in [0.15, 0.2) is 0 Å². The number of hydrogen-bond acceptors (Lipinski definition) is 4. The molecule has 1 aliphatic heterocycles. The third-order valence-electron chi connectivity index (χ3n) is 3.80. The fourth-order valence-corrected chi connectivity index (χ4v) is 3.43. The Morgan fingerprint density at radius 3 is 2.61 bits per heavy atom. The van der Waals surface area contributed by atoms with Crippen LogP contribution in [0.25, 0.3) is 0 Å². The van der Waals surface area contributed by atoms with E-state index < -0.39 is 0 Å². The van der Waals surface area contributed by atoms with Crippen molar-refractivity contribution in [1.82, 2.24) is 9.80 Å². The fourth-order valence-electron chi connectivity index (χ4n) is 2.65. The Bertz CT molecular complexity index is 545. The minimum Gasteiger partial charge on any atom is -0.494 e. The highest BCUT2D eigenvalue weighted by Crippen LogP contribution is 2.24. The third-order valence-corrected chi connectivity index (χ3v) is 4.79. The SMILES string of the molecule is CCOc1ccc(SCC(=O)N2CCCC2C(=O)N(C)C)cc1. The van der Waals surface area contributed by atoms with E-state index in [0.717, 1.165) is 23.5 Å². The molecule has 0 spiro atoms. The molecule has 0 aliphatic carbocycles. The molecule has 0 radical (unpaired) electrons. The average molecular weight is 336 g/mol. The number of likely N-dealkylation sites (N-methyl/N-ethyl adjacent to an activating group) is 1. The van der Waals surface area contributed by atoms with E-state index in [0.29, 0.717) is 18.9 Å². The lowest BCUT2D eigenvalue weighted by Gasteiger charge is -2.26. The quantitative estimate of drug-likeness (QED) is 0.748. The molecule has 0 aromatic heterocycles. The van der Waals surface area contributed by atoms with E-state index in [2.05, 4.69) is 0 Å². The predicted molar refractivity (Wildman–Crippen MR) is 91.8 cm³/mol. The second-order valence-electron chi connectivity index (χ2n) is 5.67. The zero-order chi connectivity index (χ0) is 16.8. The molecule has 1 aromatic rings. The molecule has 2 amide bonds. The zero-order valence-corrected chi connectivity index (χ0v) is 14.8. The van der Waals surface area contributed by atoms with Crippen LogP contribution in [0.4, 0.5) is 0 Å². The number of ether oxygens (including phenoxy) is 1. The molecular formula is C17H24N2O3S. The molecule has 6 heteroatoms. The number of carbonyl (C=O) groups excluding carboxylic acids is 2. The molecule has 1 unspecified atom stereocenters. The summed E-state index contributed by atoms with van der Waals surface area (Å²) in [5, 5.41) is 0. The number of rotatable bonds is 6. The van der Waals surface area contributed by atoms with Crippen LogP contribution in [0.5, 0.6) is 5.75 Å². The van der Waals surface area contributed by atoms with Gasteiger partial charge in [0.25, 0.3) is 0 Å². The lowest BCUT2D eigenvalue weighted by atomic mass is 10.2. The van der Waals surface area contributed by atoms with Crippen LogP contribution in [-0.2, 0) is 9.59 Å². The van der Waals surface area contributed by atoms with Gasteiger partial charge in [-0.25, -0.2) is 0 Å². The molecule has 0 bridgehead atoms. The summed E-state index contributed by atoms with van der Waals surface area (Å²) in [5.41, 5.74) is 0. The number of likely N-dealkylation sites (tertiary alicyclic amines) is 1. The van der Waals surface area contributed by atoms with Gasteiger partial charge in [-0.15, -0.1) is 11.8 Å². The molecule has 1 atom stereocenters. The Kier molecular flexibility index (Phi) is 6.33. The van der Waals surface area contributed by atoms with E-state index in [-0.39, 0.29) is 17.9 Å². The number of carbonyl (C=O) groups is 2. The van der Waals surface area contributed by atoms with Crippen LogP contribution in [0.1, 0.15) is 19.8 Å². The smallest absolute Gasteiger partial charge is 0.244 e. The van der Waals surface area contributed by atoms with Crippen LogP contribution in [-0.4, -0.2) is 60.7 Å². The average Bonchev–Trinajstić information content (AvgIpc) is 3.03. The molecule has 1 aromatic carbocycles. The summed E-state index contributed by atoms with van der Waals surface area (Å²) in [7, 11) is 3.47. The van der Waals surface area contributed by atoms with Crippen molar-refractivity contribution in [3.63, 3.8) is 0 Å². The molecule has 5 nitrogen and oxygen atoms in total. The second kappa shape index (κ2) is 8.24. The fraction of sp³-hybridized carbons (Fsp3) is 0.529. The van der Waals surface area contributed by atoms with Crippen molar-refractivity contribution in [2.24, 2.45) is 0 Å². The van der Waals surface area contributed by atoms with E-state index in [4.69, 9.17) is 4.74 Å². The first-order chi connectivity index (χ1) is 11.0. The molecule has 1 heterocycles. The number of nitrogens with zero attached hydrogens (tertiary/aromatic N) is 2. The first-order valence-corrected chi connectivity index (χ1v) is 8.87. The van der Waals surface area contributed by atoms with Gasteiger partial charge in [-0.1, -0.05) is 0 Å². The Hall–Kier alpha value is -1.69. The normalized spacial score (nSPS) is 17.2. The molecular weight excluding hydrogens is 312 g/mol. The second-order valence-corrected chi connectivity index (χ2v) is 6.72. The number of amides is 2. The minimum absolute atomic E-state index is 0.0157. The van der Waals surface area contributed by atoms with Crippen LogP contribution >= 0.6 is 11.8 Å². The van der Waals surface area contributed by atoms with Gasteiger partial charge in [-0.2, -0.15) is 0 Å². The maximum Gasteiger partial charge on any atom is 0.244 e. The van der Waals surface area contributed by atoms with E-state index in [1.807, 2.05) is 31.2 Å². The minimum atomic E-state index is -0.293. The number of benzene rings is 1. The summed E-state index contributed by atoms with van der Waals surface area (Å²) in [6, 6.07) is 7.43. The maximum absolute atomic E-state index is 12.4. The Morgan fingerprint density at radius 1 is 1.30 bits per heavy atom. The molecule has 0 N–H and O–H groups in total. The number of thioether (sulfide) groups is 1. The molecule has 126 valence electrons. The van der Waals surface area contributed by atoms with Gasteiger partial charge in [0, 0.05) is 25.5 Å². The van der Waals surface area contributed by atoms with Gasteiger partial charge in [0.2, 0.25) is 11.8 Å². The van der Waals surface area contributed by atoms with Crippen molar-refractivity contribution in [1.29, 1.82) is 0 Å². The summed E-state index contributed by atoms with van der Waals surface area (Å²) >= 11 is 1.49. The Balaban J connectivity index is 1.89. The highest BCUT2D eigenvalue weighted by atomic mass is 32.2. The van der Waals surface area contributed by atoms with Crippen LogP contribution in [0, 0.1) is 0 Å². The van der Waals surface area contributed by atoms with E-state index in [9.17, 15) is 9.59 Å². The van der Waals surface area contributed by atoms with Crippen molar-refractivity contribution in [2.45, 2.75) is 30.7 Å². The summed E-state index contributed by atoms with van der Waals surface area (Å²) in [6.07, 6.45) is 1.65. The largest absolute Gasteiger partial charge is 0.494 e. The van der Waals surface area contributed by atoms with Gasteiger partial charge in [-0.3, -0.25) is 9.59 Å². The highest BCUT2D eigenvalue weighted by Gasteiger charge is 2.34. The van der Waals surface area contributed by atoms with E-state index in [1.165, 1.54) is 11.8 Å². The third kappa shape index (κ3) is 4.64. The summed E-state index contributed by atoms with van der Waals surface area (Å²) in [5.74, 6) is 1.23. The lowest BCUT2D eigenvalue weighted by Crippen LogP contribution is -2.46. The first kappa shape index (κ1) is 17.7. The summed E-state index contributed by atoms with van der Waals surface area (Å²) < 4.78 is 5.40. The summed E-state index contributed by atoms with van der Waals surface area (Å²) in [4.78, 5) is 28.9.